The molecule has 1 saturated carbocycles. The molecule has 1 spiro atoms. The second kappa shape index (κ2) is 6.76. The minimum Gasteiger partial charge on any atom is -0.483 e. The topological polar surface area (TPSA) is 26.3 Å². The number of carbonyl (C=O) groups is 1. The van der Waals surface area contributed by atoms with E-state index in [9.17, 15) is 4.79 Å². The van der Waals surface area contributed by atoms with E-state index in [1.165, 1.54) is 0 Å². The van der Waals surface area contributed by atoms with Crippen molar-refractivity contribution in [1.82, 2.24) is 0 Å². The van der Waals surface area contributed by atoms with Crippen LogP contribution in [0.2, 0.25) is 5.02 Å². The third-order valence-electron chi connectivity index (χ3n) is 5.29. The SMILES string of the molecule is O=C1C(I)=C(c2ccccc2)O[C@H](c2ccc(Cl)cc2)C12CCCC2. The predicted molar refractivity (Wildman–Crippen MR) is 109 cm³/mol. The first-order valence-corrected chi connectivity index (χ1v) is 10.00. The zero-order chi connectivity index (χ0) is 17.4. The monoisotopic (exact) mass is 464 g/mol. The Labute approximate surface area is 166 Å². The van der Waals surface area contributed by atoms with Gasteiger partial charge in [-0.15, -0.1) is 0 Å². The third kappa shape index (κ3) is 2.91. The number of carbonyl (C=O) groups excluding carboxylic acids is 1. The second-order valence-corrected chi connectivity index (χ2v) is 8.27. The van der Waals surface area contributed by atoms with Crippen molar-refractivity contribution in [2.45, 2.75) is 31.8 Å². The smallest absolute Gasteiger partial charge is 0.182 e. The van der Waals surface area contributed by atoms with E-state index in [2.05, 4.69) is 22.6 Å². The van der Waals surface area contributed by atoms with Crippen LogP contribution in [0.3, 0.4) is 0 Å². The fourth-order valence-corrected chi connectivity index (χ4v) is 5.13. The lowest BCUT2D eigenvalue weighted by atomic mass is 9.72. The Balaban J connectivity index is 1.84. The highest BCUT2D eigenvalue weighted by molar-refractivity contribution is 14.1. The molecule has 4 heteroatoms. The summed E-state index contributed by atoms with van der Waals surface area (Å²) < 4.78 is 7.25. The van der Waals surface area contributed by atoms with Gasteiger partial charge in [-0.05, 0) is 53.1 Å². The van der Waals surface area contributed by atoms with Crippen LogP contribution < -0.4 is 0 Å². The highest BCUT2D eigenvalue weighted by Crippen LogP contribution is 2.57. The Morgan fingerprint density at radius 2 is 1.64 bits per heavy atom. The highest BCUT2D eigenvalue weighted by Gasteiger charge is 2.53. The molecule has 25 heavy (non-hydrogen) atoms. The first-order valence-electron chi connectivity index (χ1n) is 8.54. The van der Waals surface area contributed by atoms with Crippen molar-refractivity contribution in [2.24, 2.45) is 5.41 Å². The van der Waals surface area contributed by atoms with Gasteiger partial charge in [0.15, 0.2) is 5.78 Å². The molecule has 2 aromatic carbocycles. The van der Waals surface area contributed by atoms with Gasteiger partial charge in [0.2, 0.25) is 0 Å². The van der Waals surface area contributed by atoms with E-state index in [4.69, 9.17) is 16.3 Å². The lowest BCUT2D eigenvalue weighted by molar-refractivity contribution is -0.133. The van der Waals surface area contributed by atoms with Gasteiger partial charge in [0.1, 0.15) is 11.9 Å². The molecule has 2 aliphatic rings. The van der Waals surface area contributed by atoms with E-state index in [0.29, 0.717) is 10.8 Å². The Morgan fingerprint density at radius 3 is 2.28 bits per heavy atom. The van der Waals surface area contributed by atoms with Crippen molar-refractivity contribution >= 4 is 45.7 Å². The van der Waals surface area contributed by atoms with E-state index < -0.39 is 5.41 Å². The quantitative estimate of drug-likeness (QED) is 0.484. The second-order valence-electron chi connectivity index (χ2n) is 6.75. The lowest BCUT2D eigenvalue weighted by Gasteiger charge is -2.41. The first kappa shape index (κ1) is 17.1. The summed E-state index contributed by atoms with van der Waals surface area (Å²) in [4.78, 5) is 13.4. The van der Waals surface area contributed by atoms with Crippen LogP contribution in [0.25, 0.3) is 5.76 Å². The van der Waals surface area contributed by atoms with Crippen molar-refractivity contribution in [3.63, 3.8) is 0 Å². The van der Waals surface area contributed by atoms with E-state index in [1.807, 2.05) is 54.6 Å². The number of hydrogen-bond acceptors (Lipinski definition) is 2. The minimum atomic E-state index is -0.442. The van der Waals surface area contributed by atoms with Gasteiger partial charge in [0, 0.05) is 10.6 Å². The Morgan fingerprint density at radius 1 is 1.00 bits per heavy atom. The maximum Gasteiger partial charge on any atom is 0.182 e. The van der Waals surface area contributed by atoms with Gasteiger partial charge < -0.3 is 4.74 Å². The Kier molecular flexibility index (Phi) is 4.63. The molecule has 1 heterocycles. The number of allylic oxidation sites excluding steroid dienone is 1. The first-order chi connectivity index (χ1) is 12.1. The molecule has 1 aliphatic heterocycles. The van der Waals surface area contributed by atoms with Crippen LogP contribution in [0.5, 0.6) is 0 Å². The van der Waals surface area contributed by atoms with Crippen LogP contribution in [0, 0.1) is 5.41 Å². The van der Waals surface area contributed by atoms with Gasteiger partial charge in [0.25, 0.3) is 0 Å². The summed E-state index contributed by atoms with van der Waals surface area (Å²) in [6.45, 7) is 0. The average molecular weight is 465 g/mol. The molecule has 1 aliphatic carbocycles. The largest absolute Gasteiger partial charge is 0.483 e. The van der Waals surface area contributed by atoms with E-state index in [1.54, 1.807) is 0 Å². The number of rotatable bonds is 2. The fourth-order valence-electron chi connectivity index (χ4n) is 4.03. The van der Waals surface area contributed by atoms with Gasteiger partial charge in [-0.3, -0.25) is 4.79 Å². The molecule has 0 radical (unpaired) electrons. The summed E-state index contributed by atoms with van der Waals surface area (Å²) in [5.74, 6) is 0.930. The number of Topliss-reactive ketones (excluding diaryl/α,β-unsaturated/α-hetero) is 1. The van der Waals surface area contributed by atoms with Gasteiger partial charge in [-0.1, -0.05) is 66.9 Å². The standard InChI is InChI=1S/C21H18ClIO2/c22-16-10-8-15(9-11-16)20-21(12-4-5-13-21)19(24)17(23)18(25-20)14-6-2-1-3-7-14/h1-3,6-11,20H,4-5,12-13H2/t20-/m1/s1. The number of ether oxygens (including phenoxy) is 1. The number of halogens is 2. The molecule has 0 unspecified atom stereocenters. The summed E-state index contributed by atoms with van der Waals surface area (Å²) in [5.41, 5.74) is 1.53. The van der Waals surface area contributed by atoms with Crippen molar-refractivity contribution in [1.29, 1.82) is 0 Å². The van der Waals surface area contributed by atoms with Crippen LogP contribution >= 0.6 is 34.2 Å². The zero-order valence-corrected chi connectivity index (χ0v) is 16.6. The molecule has 1 fully saturated rings. The van der Waals surface area contributed by atoms with E-state index in [0.717, 1.165) is 40.4 Å². The maximum atomic E-state index is 13.4. The van der Waals surface area contributed by atoms with Crippen molar-refractivity contribution in [3.8, 4) is 0 Å². The fraction of sp³-hybridized carbons (Fsp3) is 0.286. The number of hydrogen-bond donors (Lipinski definition) is 0. The van der Waals surface area contributed by atoms with Crippen LogP contribution in [0.4, 0.5) is 0 Å². The van der Waals surface area contributed by atoms with Crippen molar-refractivity contribution in [3.05, 3.63) is 74.3 Å². The van der Waals surface area contributed by atoms with Gasteiger partial charge in [0.05, 0.1) is 8.99 Å². The minimum absolute atomic E-state index is 0.232. The van der Waals surface area contributed by atoms with E-state index >= 15 is 0 Å². The van der Waals surface area contributed by atoms with Crippen LogP contribution in [-0.2, 0) is 9.53 Å². The van der Waals surface area contributed by atoms with Crippen LogP contribution in [0.1, 0.15) is 42.9 Å². The normalized spacial score (nSPS) is 22.3. The van der Waals surface area contributed by atoms with Crippen LogP contribution in [0.15, 0.2) is 58.2 Å². The average Bonchev–Trinajstić information content (AvgIpc) is 3.13. The summed E-state index contributed by atoms with van der Waals surface area (Å²) in [7, 11) is 0. The van der Waals surface area contributed by atoms with Gasteiger partial charge in [-0.25, -0.2) is 0 Å². The van der Waals surface area contributed by atoms with Crippen LogP contribution in [-0.4, -0.2) is 5.78 Å². The van der Waals surface area contributed by atoms with Gasteiger partial charge in [-0.2, -0.15) is 0 Å². The summed E-state index contributed by atoms with van der Waals surface area (Å²) >= 11 is 8.23. The number of ketones is 1. The predicted octanol–water partition coefficient (Wildman–Crippen LogP) is 6.34. The summed E-state index contributed by atoms with van der Waals surface area (Å²) in [5, 5.41) is 0.694. The zero-order valence-electron chi connectivity index (χ0n) is 13.7. The molecule has 2 aromatic rings. The third-order valence-corrected chi connectivity index (χ3v) is 6.52. The molecule has 0 aromatic heterocycles. The Bertz CT molecular complexity index is 821. The highest BCUT2D eigenvalue weighted by atomic mass is 127. The maximum absolute atomic E-state index is 13.4. The summed E-state index contributed by atoms with van der Waals surface area (Å²) in [6.07, 6.45) is 3.66. The molecule has 0 amide bonds. The molecule has 128 valence electrons. The molecule has 0 bridgehead atoms. The molecular formula is C21H18ClIO2. The lowest BCUT2D eigenvalue weighted by Crippen LogP contribution is -2.40. The number of benzene rings is 2. The van der Waals surface area contributed by atoms with E-state index in [-0.39, 0.29) is 11.9 Å². The molecule has 0 N–H and O–H groups in total. The summed E-state index contributed by atoms with van der Waals surface area (Å²) in [6, 6.07) is 17.6. The molecule has 1 atom stereocenters. The van der Waals surface area contributed by atoms with Gasteiger partial charge >= 0.3 is 0 Å². The molecule has 4 rings (SSSR count). The van der Waals surface area contributed by atoms with Crippen molar-refractivity contribution in [2.75, 3.05) is 0 Å². The molecule has 2 nitrogen and oxygen atoms in total. The Hall–Kier alpha value is -1.33. The molecule has 0 saturated heterocycles. The molecular weight excluding hydrogens is 447 g/mol. The van der Waals surface area contributed by atoms with Crippen molar-refractivity contribution < 1.29 is 9.53 Å².